The first-order chi connectivity index (χ1) is 16.0. The predicted octanol–water partition coefficient (Wildman–Crippen LogP) is 5.21. The van der Waals surface area contributed by atoms with Crippen LogP contribution in [0.15, 0.2) is 23.4 Å². The zero-order valence-corrected chi connectivity index (χ0v) is 19.7. The van der Waals surface area contributed by atoms with E-state index in [1.807, 2.05) is 0 Å². The molecule has 1 aromatic rings. The van der Waals surface area contributed by atoms with Crippen molar-refractivity contribution < 1.29 is 33.0 Å². The van der Waals surface area contributed by atoms with Crippen LogP contribution in [0.5, 0.6) is 5.75 Å². The van der Waals surface area contributed by atoms with Crippen LogP contribution in [0.3, 0.4) is 0 Å². The monoisotopic (exact) mass is 495 g/mol. The highest BCUT2D eigenvalue weighted by atomic mass is 35.5. The van der Waals surface area contributed by atoms with Crippen LogP contribution < -0.4 is 4.74 Å². The number of ether oxygens (including phenoxy) is 2. The summed E-state index contributed by atoms with van der Waals surface area (Å²) in [5.41, 5.74) is 1.71. The first kappa shape index (κ1) is 22.7. The minimum atomic E-state index is -3.09. The fourth-order valence-corrected chi connectivity index (χ4v) is 7.03. The molecule has 4 fully saturated rings. The van der Waals surface area contributed by atoms with Crippen molar-refractivity contribution in [2.75, 3.05) is 0 Å². The van der Waals surface area contributed by atoms with Crippen molar-refractivity contribution in [3.63, 3.8) is 0 Å². The van der Waals surface area contributed by atoms with Gasteiger partial charge in [-0.05, 0) is 55.7 Å². The second-order valence-corrected chi connectivity index (χ2v) is 11.6. The third-order valence-corrected chi connectivity index (χ3v) is 8.66. The average Bonchev–Trinajstić information content (AvgIpc) is 3.14. The lowest BCUT2D eigenvalue weighted by molar-refractivity contribution is -0.272. The average molecular weight is 496 g/mol. The van der Waals surface area contributed by atoms with Gasteiger partial charge in [0.2, 0.25) is 0 Å². The van der Waals surface area contributed by atoms with E-state index in [1.54, 1.807) is 18.2 Å². The molecule has 0 saturated heterocycles. The molecule has 9 heteroatoms. The SMILES string of the molecule is CC(F)(F)OC1CC(C2CC(C34CC(CC(=O)[C@H]5C[C@@H](O)c6cc(Cl)ccc6O5)(C3)C4)=NO2)C1. The summed E-state index contributed by atoms with van der Waals surface area (Å²) in [7, 11) is 0. The number of alkyl halides is 2. The van der Waals surface area contributed by atoms with Gasteiger partial charge in [0.05, 0.1) is 17.9 Å². The van der Waals surface area contributed by atoms with E-state index in [2.05, 4.69) is 5.16 Å². The van der Waals surface area contributed by atoms with Crippen LogP contribution >= 0.6 is 11.6 Å². The molecule has 2 bridgehead atoms. The molecule has 3 atom stereocenters. The molecule has 6 nitrogen and oxygen atoms in total. The second-order valence-electron chi connectivity index (χ2n) is 11.2. The molecule has 0 amide bonds. The van der Waals surface area contributed by atoms with Crippen LogP contribution in [0.25, 0.3) is 0 Å². The van der Waals surface area contributed by atoms with Crippen LogP contribution in [0.2, 0.25) is 5.02 Å². The van der Waals surface area contributed by atoms with Crippen LogP contribution in [-0.2, 0) is 14.4 Å². The predicted molar refractivity (Wildman–Crippen MR) is 119 cm³/mol. The molecule has 184 valence electrons. The van der Waals surface area contributed by atoms with E-state index in [-0.39, 0.29) is 35.1 Å². The molecule has 1 unspecified atom stereocenters. The molecule has 0 aromatic heterocycles. The Balaban J connectivity index is 0.988. The van der Waals surface area contributed by atoms with Gasteiger partial charge >= 0.3 is 6.11 Å². The molecule has 4 aliphatic carbocycles. The molecule has 7 rings (SSSR count). The van der Waals surface area contributed by atoms with Crippen molar-refractivity contribution in [2.45, 2.75) is 88.8 Å². The lowest BCUT2D eigenvalue weighted by Gasteiger charge is -2.70. The first-order valence-corrected chi connectivity index (χ1v) is 12.4. The number of ketones is 1. The van der Waals surface area contributed by atoms with Gasteiger partial charge in [-0.2, -0.15) is 8.78 Å². The van der Waals surface area contributed by atoms with E-state index in [4.69, 9.17) is 25.9 Å². The number of halogens is 3. The normalized spacial score (nSPS) is 40.0. The molecular formula is C25H28ClF2NO5. The summed E-state index contributed by atoms with van der Waals surface area (Å²) in [4.78, 5) is 18.7. The quantitative estimate of drug-likeness (QED) is 0.562. The van der Waals surface area contributed by atoms with Crippen molar-refractivity contribution in [2.24, 2.45) is 21.9 Å². The number of carbonyl (C=O) groups excluding carboxylic acids is 1. The fourth-order valence-electron chi connectivity index (χ4n) is 6.85. The van der Waals surface area contributed by atoms with E-state index in [0.29, 0.717) is 35.6 Å². The minimum Gasteiger partial charge on any atom is -0.482 e. The third kappa shape index (κ3) is 3.82. The summed E-state index contributed by atoms with van der Waals surface area (Å²) >= 11 is 6.01. The number of aliphatic hydroxyl groups is 1. The van der Waals surface area contributed by atoms with Crippen molar-refractivity contribution in [3.8, 4) is 5.75 Å². The molecule has 6 aliphatic rings. The van der Waals surface area contributed by atoms with Crippen molar-refractivity contribution in [1.29, 1.82) is 0 Å². The van der Waals surface area contributed by atoms with Gasteiger partial charge in [-0.1, -0.05) is 16.8 Å². The van der Waals surface area contributed by atoms with Crippen LogP contribution in [-0.4, -0.2) is 41.0 Å². The maximum absolute atomic E-state index is 13.0. The molecule has 34 heavy (non-hydrogen) atoms. The van der Waals surface area contributed by atoms with Crippen LogP contribution in [0.1, 0.15) is 70.0 Å². The number of aliphatic hydroxyl groups excluding tert-OH is 1. The molecule has 0 radical (unpaired) electrons. The van der Waals surface area contributed by atoms with Gasteiger partial charge < -0.3 is 19.4 Å². The molecule has 1 N–H and O–H groups in total. The lowest BCUT2D eigenvalue weighted by atomic mass is 9.32. The standard InChI is InChI=1S/C25H28ClF2NO5/c1-23(27,28)33-15-4-13(5-15)20-8-22(29-34-20)25-10-24(11-25,12-25)9-18(31)21-7-17(30)16-6-14(26)2-3-19(16)32-21/h2-3,6,13,15,17,20-21,30H,4-5,7-12H2,1H3/t13?,15?,17-,20?,21-,24?,25?/m1/s1. The van der Waals surface area contributed by atoms with Gasteiger partial charge in [-0.3, -0.25) is 4.79 Å². The number of hydrogen-bond donors (Lipinski definition) is 1. The second kappa shape index (κ2) is 7.61. The van der Waals surface area contributed by atoms with Gasteiger partial charge in [0.1, 0.15) is 11.9 Å². The Kier molecular flexibility index (Phi) is 5.08. The molecular weight excluding hydrogens is 468 g/mol. The fraction of sp³-hybridized carbons (Fsp3) is 0.680. The number of carbonyl (C=O) groups is 1. The maximum atomic E-state index is 13.0. The Bertz CT molecular complexity index is 1030. The Morgan fingerprint density at radius 1 is 1.29 bits per heavy atom. The molecule has 1 aromatic carbocycles. The van der Waals surface area contributed by atoms with Crippen LogP contribution in [0, 0.1) is 16.7 Å². The third-order valence-electron chi connectivity index (χ3n) is 8.42. The van der Waals surface area contributed by atoms with E-state index < -0.39 is 24.4 Å². The number of nitrogens with zero attached hydrogens (tertiary/aromatic N) is 1. The van der Waals surface area contributed by atoms with E-state index >= 15 is 0 Å². The summed E-state index contributed by atoms with van der Waals surface area (Å²) < 4.78 is 36.6. The smallest absolute Gasteiger partial charge is 0.353 e. The highest BCUT2D eigenvalue weighted by molar-refractivity contribution is 6.30. The van der Waals surface area contributed by atoms with Crippen LogP contribution in [0.4, 0.5) is 8.78 Å². The van der Waals surface area contributed by atoms with E-state index in [9.17, 15) is 18.7 Å². The summed E-state index contributed by atoms with van der Waals surface area (Å²) in [6, 6.07) is 5.08. The molecule has 2 aliphatic heterocycles. The Labute approximate surface area is 201 Å². The Morgan fingerprint density at radius 3 is 2.74 bits per heavy atom. The van der Waals surface area contributed by atoms with Gasteiger partial charge in [0.15, 0.2) is 11.9 Å². The van der Waals surface area contributed by atoms with Crippen molar-refractivity contribution in [1.82, 2.24) is 0 Å². The maximum Gasteiger partial charge on any atom is 0.353 e. The number of oxime groups is 1. The largest absolute Gasteiger partial charge is 0.482 e. The van der Waals surface area contributed by atoms with Crippen molar-refractivity contribution in [3.05, 3.63) is 28.8 Å². The number of rotatable bonds is 7. The number of Topliss-reactive ketones (excluding diaryl/α,β-unsaturated/α-hetero) is 1. The topological polar surface area (TPSA) is 77.4 Å². The van der Waals surface area contributed by atoms with Gasteiger partial charge in [0.25, 0.3) is 0 Å². The van der Waals surface area contributed by atoms with E-state index in [1.165, 1.54) is 0 Å². The highest BCUT2D eigenvalue weighted by Gasteiger charge is 2.71. The summed E-state index contributed by atoms with van der Waals surface area (Å²) in [5.74, 6) is 0.748. The minimum absolute atomic E-state index is 0.00557. The summed E-state index contributed by atoms with van der Waals surface area (Å²) in [5, 5.41) is 15.4. The highest BCUT2D eigenvalue weighted by Crippen LogP contribution is 2.76. The summed E-state index contributed by atoms with van der Waals surface area (Å²) in [6.07, 6.45) is 0.351. The van der Waals surface area contributed by atoms with Gasteiger partial charge in [0, 0.05) is 48.1 Å². The zero-order chi connectivity index (χ0) is 23.9. The van der Waals surface area contributed by atoms with Crippen molar-refractivity contribution >= 4 is 23.1 Å². The number of benzene rings is 1. The van der Waals surface area contributed by atoms with Gasteiger partial charge in [-0.25, -0.2) is 0 Å². The zero-order valence-electron chi connectivity index (χ0n) is 18.9. The molecule has 0 spiro atoms. The van der Waals surface area contributed by atoms with E-state index in [0.717, 1.165) is 38.3 Å². The summed E-state index contributed by atoms with van der Waals surface area (Å²) in [6.45, 7) is 0.772. The number of fused-ring (bicyclic) bond motifs is 1. The first-order valence-electron chi connectivity index (χ1n) is 12.0. The lowest BCUT2D eigenvalue weighted by Crippen LogP contribution is -2.66. The Morgan fingerprint density at radius 2 is 2.03 bits per heavy atom. The molecule has 4 saturated carbocycles. The molecule has 2 heterocycles. The Hall–Kier alpha value is -1.77. The van der Waals surface area contributed by atoms with Gasteiger partial charge in [-0.15, -0.1) is 0 Å². The number of hydrogen-bond acceptors (Lipinski definition) is 6.